The Labute approximate surface area is 337 Å². The Bertz CT molecular complexity index is 3830. The van der Waals surface area contributed by atoms with E-state index in [1.807, 2.05) is 24.3 Å². The molecule has 0 amide bonds. The molecule has 0 bridgehead atoms. The molecule has 5 heteroatoms. The number of hydrogen-bond donors (Lipinski definition) is 0. The molecule has 0 aliphatic carbocycles. The van der Waals surface area contributed by atoms with Gasteiger partial charge in [0, 0.05) is 54.5 Å². The van der Waals surface area contributed by atoms with Crippen LogP contribution in [-0.2, 0) is 0 Å². The van der Waals surface area contributed by atoms with Crippen molar-refractivity contribution in [1.82, 2.24) is 19.1 Å². The van der Waals surface area contributed by atoms with Gasteiger partial charge in [-0.3, -0.25) is 0 Å². The molecule has 13 rings (SSSR count). The number of rotatable bonds is 4. The van der Waals surface area contributed by atoms with Crippen molar-refractivity contribution < 1.29 is 4.42 Å². The number of aromatic nitrogens is 4. The smallest absolute Gasteiger partial charge is 0.160 e. The van der Waals surface area contributed by atoms with E-state index in [9.17, 15) is 0 Å². The molecule has 0 aliphatic rings. The summed E-state index contributed by atoms with van der Waals surface area (Å²) in [5.74, 6) is 0.697. The lowest BCUT2D eigenvalue weighted by Gasteiger charge is -2.12. The Morgan fingerprint density at radius 3 is 1.92 bits per heavy atom. The third-order valence-electron chi connectivity index (χ3n) is 12.1. The first kappa shape index (κ1) is 32.1. The van der Waals surface area contributed by atoms with E-state index < -0.39 is 0 Å². The van der Waals surface area contributed by atoms with Crippen LogP contribution < -0.4 is 0 Å². The first-order valence-corrected chi connectivity index (χ1v) is 20.0. The highest BCUT2D eigenvalue weighted by Crippen LogP contribution is 2.46. The highest BCUT2D eigenvalue weighted by Gasteiger charge is 2.24. The zero-order valence-corrected chi connectivity index (χ0v) is 31.7. The lowest BCUT2D eigenvalue weighted by atomic mass is 10.0. The standard InChI is InChI=1S/C54H32N4O/c1-2-14-34(15-3-1)52-38-18-6-9-21-42(38)55-54(56-52)35-25-27-36(28-26-35)57-45-30-31-46-49(50(45)41-29-32-48-51(53(41)57)40-20-8-11-24-47(40)59-48)39-19-7-10-22-44(39)58(46)43-23-12-16-33-13-4-5-17-37(33)43/h1-32H. The molecule has 59 heavy (non-hydrogen) atoms. The Morgan fingerprint density at radius 2 is 1.05 bits per heavy atom. The van der Waals surface area contributed by atoms with Gasteiger partial charge in [0.25, 0.3) is 0 Å². The van der Waals surface area contributed by atoms with Gasteiger partial charge in [0.05, 0.1) is 44.4 Å². The predicted octanol–water partition coefficient (Wildman–Crippen LogP) is 14.2. The molecule has 0 saturated heterocycles. The molecule has 9 aromatic carbocycles. The zero-order chi connectivity index (χ0) is 38.6. The van der Waals surface area contributed by atoms with Crippen LogP contribution in [0.3, 0.4) is 0 Å². The molecular formula is C54H32N4O. The van der Waals surface area contributed by atoms with Crippen molar-refractivity contribution in [1.29, 1.82) is 0 Å². The molecule has 0 fully saturated rings. The average molecular weight is 753 g/mol. The highest BCUT2D eigenvalue weighted by atomic mass is 16.3. The average Bonchev–Trinajstić information content (AvgIpc) is 3.96. The van der Waals surface area contributed by atoms with Crippen molar-refractivity contribution in [2.45, 2.75) is 0 Å². The van der Waals surface area contributed by atoms with Gasteiger partial charge < -0.3 is 13.6 Å². The molecule has 0 spiro atoms. The van der Waals surface area contributed by atoms with Crippen LogP contribution in [0.2, 0.25) is 0 Å². The minimum Gasteiger partial charge on any atom is -0.456 e. The summed E-state index contributed by atoms with van der Waals surface area (Å²) in [6.45, 7) is 0. The Kier molecular flexibility index (Phi) is 6.66. The Morgan fingerprint density at radius 1 is 0.373 bits per heavy atom. The summed E-state index contributed by atoms with van der Waals surface area (Å²) in [6.07, 6.45) is 0. The minimum atomic E-state index is 0.697. The quantitative estimate of drug-likeness (QED) is 0.180. The lowest BCUT2D eigenvalue weighted by Crippen LogP contribution is -1.97. The van der Waals surface area contributed by atoms with Crippen LogP contribution in [0, 0.1) is 0 Å². The van der Waals surface area contributed by atoms with Crippen molar-refractivity contribution in [3.63, 3.8) is 0 Å². The normalized spacial score (nSPS) is 12.1. The fraction of sp³-hybridized carbons (Fsp3) is 0. The van der Waals surface area contributed by atoms with Crippen molar-refractivity contribution in [2.24, 2.45) is 0 Å². The van der Waals surface area contributed by atoms with Crippen LogP contribution in [0.15, 0.2) is 199 Å². The fourth-order valence-corrected chi connectivity index (χ4v) is 9.57. The monoisotopic (exact) mass is 752 g/mol. The van der Waals surface area contributed by atoms with E-state index in [1.165, 1.54) is 49.0 Å². The van der Waals surface area contributed by atoms with E-state index in [0.29, 0.717) is 5.82 Å². The number of fused-ring (bicyclic) bond motifs is 13. The molecule has 0 unspecified atom stereocenters. The van der Waals surface area contributed by atoms with Crippen LogP contribution in [-0.4, -0.2) is 19.1 Å². The molecule has 0 radical (unpaired) electrons. The summed E-state index contributed by atoms with van der Waals surface area (Å²) in [4.78, 5) is 10.2. The van der Waals surface area contributed by atoms with E-state index in [0.717, 1.165) is 66.4 Å². The summed E-state index contributed by atoms with van der Waals surface area (Å²) < 4.78 is 11.4. The van der Waals surface area contributed by atoms with E-state index in [2.05, 4.69) is 179 Å². The first-order valence-electron chi connectivity index (χ1n) is 20.0. The van der Waals surface area contributed by atoms with Crippen LogP contribution in [0.4, 0.5) is 0 Å². The van der Waals surface area contributed by atoms with Gasteiger partial charge in [-0.15, -0.1) is 0 Å². The van der Waals surface area contributed by atoms with Crippen LogP contribution in [0.5, 0.6) is 0 Å². The van der Waals surface area contributed by atoms with Gasteiger partial charge >= 0.3 is 0 Å². The van der Waals surface area contributed by atoms with Crippen LogP contribution in [0.1, 0.15) is 0 Å². The fourth-order valence-electron chi connectivity index (χ4n) is 9.57. The molecule has 274 valence electrons. The third-order valence-corrected chi connectivity index (χ3v) is 12.1. The predicted molar refractivity (Wildman–Crippen MR) is 244 cm³/mol. The molecule has 4 heterocycles. The van der Waals surface area contributed by atoms with Gasteiger partial charge in [0.2, 0.25) is 0 Å². The van der Waals surface area contributed by atoms with Gasteiger partial charge in [0.1, 0.15) is 11.2 Å². The van der Waals surface area contributed by atoms with Crippen molar-refractivity contribution in [3.05, 3.63) is 194 Å². The largest absolute Gasteiger partial charge is 0.456 e. The topological polar surface area (TPSA) is 48.8 Å². The molecule has 0 saturated carbocycles. The number of para-hydroxylation sites is 3. The van der Waals surface area contributed by atoms with Crippen molar-refractivity contribution in [3.8, 4) is 34.0 Å². The summed E-state index contributed by atoms with van der Waals surface area (Å²) in [5, 5.41) is 10.5. The van der Waals surface area contributed by atoms with Crippen molar-refractivity contribution in [2.75, 3.05) is 0 Å². The summed E-state index contributed by atoms with van der Waals surface area (Å²) in [7, 11) is 0. The molecule has 0 aliphatic heterocycles. The number of benzene rings is 9. The van der Waals surface area contributed by atoms with Gasteiger partial charge in [0.15, 0.2) is 5.82 Å². The zero-order valence-electron chi connectivity index (χ0n) is 31.7. The molecule has 0 atom stereocenters. The molecule has 13 aromatic rings. The molecule has 4 aromatic heterocycles. The minimum absolute atomic E-state index is 0.697. The van der Waals surface area contributed by atoms with Gasteiger partial charge in [-0.1, -0.05) is 121 Å². The van der Waals surface area contributed by atoms with Crippen LogP contribution in [0.25, 0.3) is 121 Å². The van der Waals surface area contributed by atoms with E-state index in [1.54, 1.807) is 0 Å². The summed E-state index contributed by atoms with van der Waals surface area (Å²) >= 11 is 0. The Balaban J connectivity index is 1.10. The second kappa shape index (κ2) is 12.2. The third kappa shape index (κ3) is 4.61. The van der Waals surface area contributed by atoms with E-state index in [4.69, 9.17) is 14.4 Å². The summed E-state index contributed by atoms with van der Waals surface area (Å²) in [5.41, 5.74) is 12.4. The Hall–Kier alpha value is -8.02. The maximum Gasteiger partial charge on any atom is 0.160 e. The number of hydrogen-bond acceptors (Lipinski definition) is 3. The SMILES string of the molecule is c1ccc(-c2nc(-c3ccc(-n4c5ccc6c(c7ccccc7n6-c6cccc7ccccc67)c5c5ccc6oc7ccccc7c6c54)cc3)nc3ccccc23)cc1. The van der Waals surface area contributed by atoms with Gasteiger partial charge in [-0.25, -0.2) is 9.97 Å². The number of nitrogens with zero attached hydrogens (tertiary/aromatic N) is 4. The second-order valence-corrected chi connectivity index (χ2v) is 15.3. The maximum atomic E-state index is 6.53. The molecule has 5 nitrogen and oxygen atoms in total. The van der Waals surface area contributed by atoms with Crippen LogP contribution >= 0.6 is 0 Å². The first-order chi connectivity index (χ1) is 29.3. The number of furan rings is 1. The van der Waals surface area contributed by atoms with Gasteiger partial charge in [-0.05, 0) is 78.2 Å². The maximum absolute atomic E-state index is 6.53. The van der Waals surface area contributed by atoms with E-state index >= 15 is 0 Å². The lowest BCUT2D eigenvalue weighted by molar-refractivity contribution is 0.669. The molecule has 0 N–H and O–H groups in total. The van der Waals surface area contributed by atoms with E-state index in [-0.39, 0.29) is 0 Å². The van der Waals surface area contributed by atoms with Crippen molar-refractivity contribution >= 4 is 87.2 Å². The van der Waals surface area contributed by atoms with Gasteiger partial charge in [-0.2, -0.15) is 0 Å². The second-order valence-electron chi connectivity index (χ2n) is 15.3. The highest BCUT2D eigenvalue weighted by molar-refractivity contribution is 6.33. The molecular weight excluding hydrogens is 721 g/mol. The summed E-state index contributed by atoms with van der Waals surface area (Å²) in [6, 6.07) is 68.8.